The van der Waals surface area contributed by atoms with Crippen LogP contribution in [0, 0.1) is 6.92 Å². The lowest BCUT2D eigenvalue weighted by molar-refractivity contribution is -0.149. The second-order valence-electron chi connectivity index (χ2n) is 8.81. The standard InChI is InChI=1S/C26H34N2O4S/c1-4-5-6-7-10-20(3)32-26(29)18-21-17-25(24-12-9-8-11-23(21)24)27-28-33(30,31)22-15-13-19(2)14-16-22/h8-9,11-16,20-21,28H,4-7,10,17-18H2,1-3H3/b27-25-. The van der Waals surface area contributed by atoms with E-state index >= 15 is 0 Å². The van der Waals surface area contributed by atoms with Gasteiger partial charge in [-0.15, -0.1) is 0 Å². The second kappa shape index (κ2) is 11.5. The molecule has 178 valence electrons. The molecule has 6 nitrogen and oxygen atoms in total. The van der Waals surface area contributed by atoms with Gasteiger partial charge in [0.15, 0.2) is 0 Å². The van der Waals surface area contributed by atoms with Gasteiger partial charge in [-0.1, -0.05) is 68.1 Å². The third-order valence-electron chi connectivity index (χ3n) is 5.99. The monoisotopic (exact) mass is 470 g/mol. The number of carbonyl (C=O) groups is 1. The first kappa shape index (κ1) is 25.0. The largest absolute Gasteiger partial charge is 0.463 e. The van der Waals surface area contributed by atoms with E-state index in [0.717, 1.165) is 36.0 Å². The number of sulfonamides is 1. The fraction of sp³-hybridized carbons (Fsp3) is 0.462. The Hall–Kier alpha value is -2.67. The lowest BCUT2D eigenvalue weighted by Crippen LogP contribution is -2.20. The van der Waals surface area contributed by atoms with Gasteiger partial charge in [-0.25, -0.2) is 0 Å². The van der Waals surface area contributed by atoms with Gasteiger partial charge in [-0.3, -0.25) is 4.79 Å². The van der Waals surface area contributed by atoms with Crippen molar-refractivity contribution in [2.24, 2.45) is 5.10 Å². The Morgan fingerprint density at radius 1 is 1.12 bits per heavy atom. The number of aryl methyl sites for hydroxylation is 1. The molecule has 2 atom stereocenters. The lowest BCUT2D eigenvalue weighted by Gasteiger charge is -2.15. The summed E-state index contributed by atoms with van der Waals surface area (Å²) in [7, 11) is -3.77. The van der Waals surface area contributed by atoms with Crippen molar-refractivity contribution in [3.8, 4) is 0 Å². The normalized spacial score (nSPS) is 17.5. The average molecular weight is 471 g/mol. The maximum atomic E-state index is 12.6. The molecule has 0 amide bonds. The molecular weight excluding hydrogens is 436 g/mol. The molecule has 0 aliphatic heterocycles. The number of carbonyl (C=O) groups excluding carboxylic acids is 1. The molecule has 0 spiro atoms. The number of hydrogen-bond donors (Lipinski definition) is 1. The zero-order valence-electron chi connectivity index (χ0n) is 19.7. The van der Waals surface area contributed by atoms with Crippen LogP contribution < -0.4 is 4.83 Å². The van der Waals surface area contributed by atoms with Crippen molar-refractivity contribution in [3.05, 3.63) is 65.2 Å². The number of nitrogens with zero attached hydrogens (tertiary/aromatic N) is 1. The fourth-order valence-corrected chi connectivity index (χ4v) is 4.96. The summed E-state index contributed by atoms with van der Waals surface area (Å²) >= 11 is 0. The maximum Gasteiger partial charge on any atom is 0.306 e. The molecule has 1 aliphatic carbocycles. The van der Waals surface area contributed by atoms with Crippen molar-refractivity contribution in [2.45, 2.75) is 82.6 Å². The van der Waals surface area contributed by atoms with Gasteiger partial charge in [-0.05, 0) is 50.8 Å². The Morgan fingerprint density at radius 3 is 2.58 bits per heavy atom. The van der Waals surface area contributed by atoms with Crippen LogP contribution in [0.3, 0.4) is 0 Å². The van der Waals surface area contributed by atoms with E-state index in [0.29, 0.717) is 12.1 Å². The van der Waals surface area contributed by atoms with Gasteiger partial charge in [0, 0.05) is 11.5 Å². The van der Waals surface area contributed by atoms with E-state index in [1.54, 1.807) is 24.3 Å². The zero-order chi connectivity index (χ0) is 23.8. The van der Waals surface area contributed by atoms with E-state index in [2.05, 4.69) is 16.9 Å². The molecule has 0 saturated carbocycles. The summed E-state index contributed by atoms with van der Waals surface area (Å²) < 4.78 is 30.9. The second-order valence-corrected chi connectivity index (χ2v) is 10.5. The Balaban J connectivity index is 1.64. The molecule has 2 unspecified atom stereocenters. The lowest BCUT2D eigenvalue weighted by atomic mass is 9.98. The molecule has 2 aromatic rings. The molecule has 0 aromatic heterocycles. The van der Waals surface area contributed by atoms with Gasteiger partial charge in [0.2, 0.25) is 0 Å². The number of benzene rings is 2. The van der Waals surface area contributed by atoms with E-state index in [1.165, 1.54) is 12.8 Å². The maximum absolute atomic E-state index is 12.6. The fourth-order valence-electron chi connectivity index (χ4n) is 4.13. The highest BCUT2D eigenvalue weighted by atomic mass is 32.2. The SMILES string of the molecule is CCCCCCC(C)OC(=O)CC1C/C(=N/NS(=O)(=O)c2ccc(C)cc2)c2ccccc21. The predicted octanol–water partition coefficient (Wildman–Crippen LogP) is 5.46. The van der Waals surface area contributed by atoms with Gasteiger partial charge in [0.05, 0.1) is 23.1 Å². The Kier molecular flexibility index (Phi) is 8.67. The minimum atomic E-state index is -3.77. The molecule has 7 heteroatoms. The van der Waals surface area contributed by atoms with Gasteiger partial charge >= 0.3 is 5.97 Å². The molecule has 0 radical (unpaired) electrons. The number of hydrogen-bond acceptors (Lipinski definition) is 5. The molecule has 0 fully saturated rings. The number of ether oxygens (including phenoxy) is 1. The molecule has 2 aromatic carbocycles. The quantitative estimate of drug-likeness (QED) is 0.269. The molecular formula is C26H34N2O4S. The Morgan fingerprint density at radius 2 is 1.85 bits per heavy atom. The van der Waals surface area contributed by atoms with Crippen molar-refractivity contribution in [1.29, 1.82) is 0 Å². The molecule has 1 aliphatic rings. The van der Waals surface area contributed by atoms with Gasteiger partial charge in [-0.2, -0.15) is 18.4 Å². The van der Waals surface area contributed by atoms with E-state index in [9.17, 15) is 13.2 Å². The zero-order valence-corrected chi connectivity index (χ0v) is 20.5. The molecule has 0 bridgehead atoms. The summed E-state index contributed by atoms with van der Waals surface area (Å²) in [5.41, 5.74) is 3.48. The highest BCUT2D eigenvalue weighted by Crippen LogP contribution is 2.36. The topological polar surface area (TPSA) is 84.8 Å². The first-order valence-corrected chi connectivity index (χ1v) is 13.2. The number of unbranched alkanes of at least 4 members (excludes halogenated alkanes) is 3. The summed E-state index contributed by atoms with van der Waals surface area (Å²) in [5.74, 6) is -0.303. The van der Waals surface area contributed by atoms with Crippen LogP contribution in [0.5, 0.6) is 0 Å². The average Bonchev–Trinajstić information content (AvgIpc) is 3.13. The van der Waals surface area contributed by atoms with Crippen molar-refractivity contribution < 1.29 is 17.9 Å². The van der Waals surface area contributed by atoms with Crippen LogP contribution in [0.15, 0.2) is 58.5 Å². The van der Waals surface area contributed by atoms with Crippen LogP contribution in [0.4, 0.5) is 0 Å². The summed E-state index contributed by atoms with van der Waals surface area (Å²) in [6.45, 7) is 6.02. The number of nitrogens with one attached hydrogen (secondary N) is 1. The molecule has 0 heterocycles. The first-order chi connectivity index (χ1) is 15.8. The summed E-state index contributed by atoms with van der Waals surface area (Å²) in [4.78, 5) is 15.1. The number of hydrazone groups is 1. The van der Waals surface area contributed by atoms with Crippen LogP contribution in [-0.2, 0) is 19.6 Å². The summed E-state index contributed by atoms with van der Waals surface area (Å²) in [6, 6.07) is 14.3. The molecule has 1 N–H and O–H groups in total. The Bertz CT molecular complexity index is 1080. The van der Waals surface area contributed by atoms with Gasteiger partial charge < -0.3 is 4.74 Å². The van der Waals surface area contributed by atoms with E-state index in [-0.39, 0.29) is 29.3 Å². The van der Waals surface area contributed by atoms with Crippen LogP contribution in [0.2, 0.25) is 0 Å². The molecule has 33 heavy (non-hydrogen) atoms. The van der Waals surface area contributed by atoms with Gasteiger partial charge in [0.1, 0.15) is 0 Å². The van der Waals surface area contributed by atoms with Crippen molar-refractivity contribution >= 4 is 21.7 Å². The molecule has 0 saturated heterocycles. The highest BCUT2D eigenvalue weighted by Gasteiger charge is 2.30. The van der Waals surface area contributed by atoms with Crippen LogP contribution in [-0.4, -0.2) is 26.2 Å². The Labute approximate surface area is 197 Å². The first-order valence-electron chi connectivity index (χ1n) is 11.7. The highest BCUT2D eigenvalue weighted by molar-refractivity contribution is 7.89. The van der Waals surface area contributed by atoms with Crippen molar-refractivity contribution in [3.63, 3.8) is 0 Å². The number of rotatable bonds is 11. The third kappa shape index (κ3) is 6.90. The van der Waals surface area contributed by atoms with Crippen molar-refractivity contribution in [2.75, 3.05) is 0 Å². The summed E-state index contributed by atoms with van der Waals surface area (Å²) in [5, 5.41) is 4.24. The molecule has 3 rings (SSSR count). The van der Waals surface area contributed by atoms with Gasteiger partial charge in [0.25, 0.3) is 10.0 Å². The predicted molar refractivity (Wildman–Crippen MR) is 131 cm³/mol. The number of esters is 1. The van der Waals surface area contributed by atoms with Crippen LogP contribution in [0.1, 0.15) is 81.4 Å². The van der Waals surface area contributed by atoms with E-state index in [4.69, 9.17) is 4.74 Å². The third-order valence-corrected chi connectivity index (χ3v) is 7.22. The van der Waals surface area contributed by atoms with E-state index < -0.39 is 10.0 Å². The minimum Gasteiger partial charge on any atom is -0.463 e. The van der Waals surface area contributed by atoms with Crippen LogP contribution >= 0.6 is 0 Å². The minimum absolute atomic E-state index is 0.0800. The van der Waals surface area contributed by atoms with E-state index in [1.807, 2.05) is 38.1 Å². The number of fused-ring (bicyclic) bond motifs is 1. The van der Waals surface area contributed by atoms with Crippen molar-refractivity contribution in [1.82, 2.24) is 4.83 Å². The van der Waals surface area contributed by atoms with Crippen LogP contribution in [0.25, 0.3) is 0 Å². The smallest absolute Gasteiger partial charge is 0.306 e. The summed E-state index contributed by atoms with van der Waals surface area (Å²) in [6.07, 6.45) is 6.12.